The molecule has 2 aromatic carbocycles. The highest BCUT2D eigenvalue weighted by Gasteiger charge is 2.41. The summed E-state index contributed by atoms with van der Waals surface area (Å²) in [5.41, 5.74) is 0.928. The van der Waals surface area contributed by atoms with E-state index in [9.17, 15) is 33.1 Å². The molecule has 0 unspecified atom stereocenters. The van der Waals surface area contributed by atoms with Gasteiger partial charge < -0.3 is 26.8 Å². The molecule has 0 bridgehead atoms. The number of aromatic nitrogens is 4. The Morgan fingerprint density at radius 2 is 1.91 bits per heavy atom. The molecule has 1 aliphatic heterocycles. The number of rotatable bonds is 7. The minimum Gasteiger partial charge on any atom is -1.00 e. The molecule has 0 spiro atoms. The fourth-order valence-corrected chi connectivity index (χ4v) is 5.23. The predicted octanol–water partition coefficient (Wildman–Crippen LogP) is 0.676. The standard InChI is InChI=1S/C30H25F3N6O4.BrH/c1-18-25(27(41)43-2)26(24-7-6-20(16-34)14-21(24)10-13-37-11-8-19(17-40)9-12-37)39-28(35-36-29(39)42)38(18)23-5-3-4-22(15-23)30(31,32)33;/h3-9,11-12,14-15,26,40H,10,13,17H2,1-2H3;1H/t26-;/m1./s1. The lowest BCUT2D eigenvalue weighted by Gasteiger charge is -2.36. The topological polar surface area (TPSA) is 128 Å². The number of esters is 1. The summed E-state index contributed by atoms with van der Waals surface area (Å²) in [4.78, 5) is 27.9. The van der Waals surface area contributed by atoms with Gasteiger partial charge in [-0.2, -0.15) is 18.4 Å². The number of aliphatic hydroxyl groups excluding tert-OH is 1. The summed E-state index contributed by atoms with van der Waals surface area (Å²) in [6.07, 6.45) is -0.640. The van der Waals surface area contributed by atoms with E-state index in [2.05, 4.69) is 16.3 Å². The Morgan fingerprint density at radius 1 is 1.18 bits per heavy atom. The summed E-state index contributed by atoms with van der Waals surface area (Å²) >= 11 is 0. The minimum absolute atomic E-state index is 0. The number of ether oxygens (including phenoxy) is 1. The third-order valence-corrected chi connectivity index (χ3v) is 7.33. The third kappa shape index (κ3) is 6.01. The number of aromatic amines is 1. The number of hydrogen-bond acceptors (Lipinski definition) is 7. The van der Waals surface area contributed by atoms with Gasteiger partial charge in [-0.3, -0.25) is 4.90 Å². The van der Waals surface area contributed by atoms with E-state index in [1.54, 1.807) is 49.6 Å². The van der Waals surface area contributed by atoms with Crippen molar-refractivity contribution in [2.24, 2.45) is 0 Å². The molecular weight excluding hydrogens is 645 g/mol. The molecule has 0 saturated carbocycles. The van der Waals surface area contributed by atoms with Crippen molar-refractivity contribution in [1.82, 2.24) is 14.8 Å². The van der Waals surface area contributed by atoms with Crippen LogP contribution in [0.2, 0.25) is 0 Å². The van der Waals surface area contributed by atoms with Crippen molar-refractivity contribution in [2.75, 3.05) is 12.0 Å². The molecule has 228 valence electrons. The molecule has 0 fully saturated rings. The fourth-order valence-electron chi connectivity index (χ4n) is 5.23. The number of alkyl halides is 3. The quantitative estimate of drug-likeness (QED) is 0.219. The highest BCUT2D eigenvalue weighted by molar-refractivity contribution is 5.93. The van der Waals surface area contributed by atoms with Crippen LogP contribution in [0.25, 0.3) is 0 Å². The van der Waals surface area contributed by atoms with Crippen LogP contribution in [0, 0.1) is 11.3 Å². The van der Waals surface area contributed by atoms with Gasteiger partial charge in [-0.05, 0) is 53.9 Å². The van der Waals surface area contributed by atoms with Gasteiger partial charge in [0, 0.05) is 29.9 Å². The number of nitriles is 1. The zero-order valence-electron chi connectivity index (χ0n) is 23.5. The lowest BCUT2D eigenvalue weighted by atomic mass is 9.89. The fraction of sp³-hybridized carbons (Fsp3) is 0.233. The first-order valence-corrected chi connectivity index (χ1v) is 13.1. The van der Waals surface area contributed by atoms with Crippen LogP contribution in [0.15, 0.2) is 83.1 Å². The number of fused-ring (bicyclic) bond motifs is 1. The van der Waals surface area contributed by atoms with Gasteiger partial charge in [0.1, 0.15) is 6.04 Å². The second-order valence-corrected chi connectivity index (χ2v) is 9.85. The first-order valence-electron chi connectivity index (χ1n) is 13.1. The van der Waals surface area contributed by atoms with Gasteiger partial charge in [-0.15, -0.1) is 5.10 Å². The van der Waals surface area contributed by atoms with Gasteiger partial charge >= 0.3 is 17.8 Å². The zero-order valence-corrected chi connectivity index (χ0v) is 25.1. The van der Waals surface area contributed by atoms with Gasteiger partial charge in [-0.1, -0.05) is 12.1 Å². The monoisotopic (exact) mass is 670 g/mol. The number of pyridine rings is 1. The highest BCUT2D eigenvalue weighted by atomic mass is 79.9. The van der Waals surface area contributed by atoms with Gasteiger partial charge in [0.05, 0.1) is 36.5 Å². The van der Waals surface area contributed by atoms with E-state index in [0.29, 0.717) is 29.7 Å². The number of methoxy groups -OCH3 is 1. The molecule has 0 radical (unpaired) electrons. The smallest absolute Gasteiger partial charge is 0.416 e. The van der Waals surface area contributed by atoms with E-state index in [0.717, 1.165) is 17.7 Å². The summed E-state index contributed by atoms with van der Waals surface area (Å²) in [7, 11) is 1.17. The molecule has 10 nitrogen and oxygen atoms in total. The number of anilines is 2. The molecule has 1 atom stereocenters. The van der Waals surface area contributed by atoms with Crippen LogP contribution in [0.1, 0.15) is 40.8 Å². The molecule has 4 aromatic rings. The van der Waals surface area contributed by atoms with Crippen LogP contribution in [0.3, 0.4) is 0 Å². The molecule has 2 N–H and O–H groups in total. The Morgan fingerprint density at radius 3 is 2.55 bits per heavy atom. The summed E-state index contributed by atoms with van der Waals surface area (Å²) in [6, 6.07) is 14.0. The summed E-state index contributed by atoms with van der Waals surface area (Å²) in [6.45, 7) is 1.91. The Labute approximate surface area is 260 Å². The summed E-state index contributed by atoms with van der Waals surface area (Å²) in [5, 5.41) is 25.5. The Bertz CT molecular complexity index is 1830. The number of halogens is 4. The number of aryl methyl sites for hydroxylation is 2. The van der Waals surface area contributed by atoms with E-state index < -0.39 is 29.4 Å². The lowest BCUT2D eigenvalue weighted by molar-refractivity contribution is -0.696. The number of H-pyrrole nitrogens is 1. The SMILES string of the molecule is COC(=O)C1=C(C)N(c2cccc(C(F)(F)F)c2)c2n[nH]c(=O)n2[C@@H]1c1ccc(C#N)cc1CC[n+]1ccc(CO)cc1.[Br-]. The van der Waals surface area contributed by atoms with Crippen molar-refractivity contribution in [2.45, 2.75) is 38.7 Å². The summed E-state index contributed by atoms with van der Waals surface area (Å²) in [5.74, 6) is -0.814. The Hall–Kier alpha value is -4.74. The number of allylic oxidation sites excluding steroid dienone is 1. The van der Waals surface area contributed by atoms with Crippen LogP contribution in [-0.2, 0) is 35.3 Å². The van der Waals surface area contributed by atoms with E-state index in [1.807, 2.05) is 4.57 Å². The number of nitrogens with zero attached hydrogens (tertiary/aromatic N) is 5. The average Bonchev–Trinajstić information content (AvgIpc) is 3.39. The van der Waals surface area contributed by atoms with E-state index in [-0.39, 0.29) is 46.5 Å². The normalized spacial score (nSPS) is 14.5. The molecule has 0 amide bonds. The second-order valence-electron chi connectivity index (χ2n) is 9.85. The maximum atomic E-state index is 13.6. The molecule has 1 aliphatic rings. The maximum absolute atomic E-state index is 13.6. The molecule has 0 saturated heterocycles. The second kappa shape index (κ2) is 12.9. The number of carbonyl (C=O) groups is 1. The van der Waals surface area contributed by atoms with Crippen molar-refractivity contribution in [3.8, 4) is 6.07 Å². The number of carbonyl (C=O) groups excluding carboxylic acids is 1. The minimum atomic E-state index is -4.63. The summed E-state index contributed by atoms with van der Waals surface area (Å²) < 4.78 is 49.0. The lowest BCUT2D eigenvalue weighted by Crippen LogP contribution is -3.00. The largest absolute Gasteiger partial charge is 1.00 e. The molecule has 14 heteroatoms. The number of hydrogen-bond donors (Lipinski definition) is 2. The predicted molar refractivity (Wildman–Crippen MR) is 147 cm³/mol. The zero-order chi connectivity index (χ0) is 30.9. The Kier molecular flexibility index (Phi) is 9.41. The van der Waals surface area contributed by atoms with Crippen LogP contribution in [0.5, 0.6) is 0 Å². The maximum Gasteiger partial charge on any atom is 0.416 e. The first kappa shape index (κ1) is 32.2. The molecular formula is C30H26BrF3N6O4. The van der Waals surface area contributed by atoms with Crippen LogP contribution >= 0.6 is 0 Å². The van der Waals surface area contributed by atoms with Crippen molar-refractivity contribution in [3.63, 3.8) is 0 Å². The first-order chi connectivity index (χ1) is 20.6. The molecule has 3 heterocycles. The van der Waals surface area contributed by atoms with Crippen molar-refractivity contribution >= 4 is 17.6 Å². The van der Waals surface area contributed by atoms with Gasteiger partial charge in [0.15, 0.2) is 18.9 Å². The van der Waals surface area contributed by atoms with E-state index >= 15 is 0 Å². The van der Waals surface area contributed by atoms with Crippen LogP contribution in [0.4, 0.5) is 24.8 Å². The molecule has 0 aliphatic carbocycles. The van der Waals surface area contributed by atoms with Gasteiger partial charge in [0.2, 0.25) is 5.95 Å². The molecule has 2 aromatic heterocycles. The molecule has 5 rings (SSSR count). The van der Waals surface area contributed by atoms with Crippen LogP contribution in [-0.4, -0.2) is 33.0 Å². The van der Waals surface area contributed by atoms with Gasteiger partial charge in [0.25, 0.3) is 0 Å². The van der Waals surface area contributed by atoms with Crippen molar-refractivity contribution in [1.29, 1.82) is 5.26 Å². The van der Waals surface area contributed by atoms with Crippen LogP contribution < -0.4 is 32.1 Å². The molecule has 44 heavy (non-hydrogen) atoms. The Balaban J connectivity index is 0.00000442. The number of nitrogens with one attached hydrogen (secondary N) is 1. The van der Waals surface area contributed by atoms with Gasteiger partial charge in [-0.25, -0.2) is 23.8 Å². The third-order valence-electron chi connectivity index (χ3n) is 7.33. The van der Waals surface area contributed by atoms with Crippen molar-refractivity contribution in [3.05, 3.63) is 117 Å². The highest BCUT2D eigenvalue weighted by Crippen LogP contribution is 2.43. The average molecular weight is 671 g/mol. The van der Waals surface area contributed by atoms with E-state index in [1.165, 1.54) is 28.7 Å². The number of aliphatic hydroxyl groups is 1. The number of benzene rings is 2. The van der Waals surface area contributed by atoms with E-state index in [4.69, 9.17) is 4.74 Å². The van der Waals surface area contributed by atoms with Crippen molar-refractivity contribution < 1.29 is 49.4 Å².